The molecule has 2 aromatic rings. The van der Waals surface area contributed by atoms with Gasteiger partial charge in [-0.1, -0.05) is 41.2 Å². The summed E-state index contributed by atoms with van der Waals surface area (Å²) in [6, 6.07) is 8.04. The Balaban J connectivity index is 2.00. The molecule has 0 radical (unpaired) electrons. The first-order chi connectivity index (χ1) is 8.15. The predicted molar refractivity (Wildman–Crippen MR) is 70.9 cm³/mol. The summed E-state index contributed by atoms with van der Waals surface area (Å²) in [5.74, 6) is 0.0584. The second-order valence-electron chi connectivity index (χ2n) is 3.68. The summed E-state index contributed by atoms with van der Waals surface area (Å²) >= 11 is 1.37. The second-order valence-corrected chi connectivity index (χ2v) is 4.88. The van der Waals surface area contributed by atoms with E-state index in [0.717, 1.165) is 10.4 Å². The van der Waals surface area contributed by atoms with Crippen LogP contribution >= 0.6 is 11.3 Å². The van der Waals surface area contributed by atoms with Gasteiger partial charge in [-0.2, -0.15) is 10.1 Å². The first kappa shape index (κ1) is 11.6. The molecule has 0 spiro atoms. The standard InChI is InChI=1S/C12H13N3OS/c1-8-3-5-10(6-4-8)7-13-15-12-14-11(16)9(2)17-12/h3-7,16H,1-2H3,(H,14,15)/b13-7+. The van der Waals surface area contributed by atoms with Gasteiger partial charge >= 0.3 is 0 Å². The van der Waals surface area contributed by atoms with Gasteiger partial charge in [0.1, 0.15) is 0 Å². The Morgan fingerprint density at radius 1 is 1.29 bits per heavy atom. The average molecular weight is 247 g/mol. The molecule has 17 heavy (non-hydrogen) atoms. The fraction of sp³-hybridized carbons (Fsp3) is 0.167. The summed E-state index contributed by atoms with van der Waals surface area (Å²) in [6.07, 6.45) is 1.72. The number of rotatable bonds is 3. The van der Waals surface area contributed by atoms with Crippen molar-refractivity contribution in [1.29, 1.82) is 0 Å². The molecule has 0 amide bonds. The molecule has 0 aliphatic heterocycles. The molecule has 2 rings (SSSR count). The highest BCUT2D eigenvalue weighted by atomic mass is 32.1. The maximum Gasteiger partial charge on any atom is 0.226 e. The van der Waals surface area contributed by atoms with Gasteiger partial charge in [-0.3, -0.25) is 5.43 Å². The molecule has 0 aliphatic rings. The Hall–Kier alpha value is -1.88. The van der Waals surface area contributed by atoms with Crippen LogP contribution in [0.15, 0.2) is 29.4 Å². The van der Waals surface area contributed by atoms with Gasteiger partial charge in [0.25, 0.3) is 0 Å². The van der Waals surface area contributed by atoms with Crippen LogP contribution in [-0.4, -0.2) is 16.3 Å². The zero-order valence-electron chi connectivity index (χ0n) is 9.64. The van der Waals surface area contributed by atoms with E-state index in [1.54, 1.807) is 6.21 Å². The number of thiazole rings is 1. The number of anilines is 1. The fourth-order valence-corrected chi connectivity index (χ4v) is 1.91. The highest BCUT2D eigenvalue weighted by Gasteiger charge is 2.03. The zero-order valence-corrected chi connectivity index (χ0v) is 10.5. The molecule has 1 aromatic carbocycles. The van der Waals surface area contributed by atoms with Crippen molar-refractivity contribution in [3.63, 3.8) is 0 Å². The van der Waals surface area contributed by atoms with Gasteiger partial charge in [-0.05, 0) is 19.4 Å². The molecule has 0 unspecified atom stereocenters. The van der Waals surface area contributed by atoms with E-state index in [1.165, 1.54) is 16.9 Å². The minimum atomic E-state index is 0.0584. The summed E-state index contributed by atoms with van der Waals surface area (Å²) in [5, 5.41) is 13.9. The summed E-state index contributed by atoms with van der Waals surface area (Å²) in [4.78, 5) is 4.68. The van der Waals surface area contributed by atoms with Gasteiger partial charge in [0.2, 0.25) is 11.0 Å². The smallest absolute Gasteiger partial charge is 0.226 e. The minimum absolute atomic E-state index is 0.0584. The van der Waals surface area contributed by atoms with Crippen molar-refractivity contribution in [3.8, 4) is 5.88 Å². The molecule has 0 aliphatic carbocycles. The molecule has 0 saturated heterocycles. The van der Waals surface area contributed by atoms with Crippen LogP contribution in [-0.2, 0) is 0 Å². The Morgan fingerprint density at radius 3 is 2.59 bits per heavy atom. The number of benzene rings is 1. The number of aryl methyl sites for hydroxylation is 2. The number of nitrogens with zero attached hydrogens (tertiary/aromatic N) is 2. The third-order valence-electron chi connectivity index (χ3n) is 2.22. The van der Waals surface area contributed by atoms with Crippen molar-refractivity contribution >= 4 is 22.7 Å². The van der Waals surface area contributed by atoms with Crippen molar-refractivity contribution in [2.75, 3.05) is 5.43 Å². The van der Waals surface area contributed by atoms with Crippen LogP contribution in [0.4, 0.5) is 5.13 Å². The zero-order chi connectivity index (χ0) is 12.3. The lowest BCUT2D eigenvalue weighted by Gasteiger charge is -1.95. The van der Waals surface area contributed by atoms with E-state index in [4.69, 9.17) is 0 Å². The molecule has 2 N–H and O–H groups in total. The number of aromatic hydroxyl groups is 1. The maximum atomic E-state index is 9.29. The Bertz CT molecular complexity index is 512. The third kappa shape index (κ3) is 3.04. The number of hydrogen-bond acceptors (Lipinski definition) is 5. The summed E-state index contributed by atoms with van der Waals surface area (Å²) in [7, 11) is 0. The maximum absolute atomic E-state index is 9.29. The van der Waals surface area contributed by atoms with Crippen molar-refractivity contribution in [2.24, 2.45) is 5.10 Å². The molecule has 4 nitrogen and oxygen atoms in total. The van der Waals surface area contributed by atoms with E-state index in [0.29, 0.717) is 5.13 Å². The summed E-state index contributed by atoms with van der Waals surface area (Å²) in [5.41, 5.74) is 5.02. The molecule has 0 saturated carbocycles. The summed E-state index contributed by atoms with van der Waals surface area (Å²) < 4.78 is 0. The normalized spacial score (nSPS) is 10.9. The van der Waals surface area contributed by atoms with E-state index < -0.39 is 0 Å². The highest BCUT2D eigenvalue weighted by molar-refractivity contribution is 7.15. The topological polar surface area (TPSA) is 57.5 Å². The average Bonchev–Trinajstić information content (AvgIpc) is 2.61. The van der Waals surface area contributed by atoms with Crippen molar-refractivity contribution in [3.05, 3.63) is 40.3 Å². The van der Waals surface area contributed by atoms with Crippen LogP contribution in [0.5, 0.6) is 5.88 Å². The van der Waals surface area contributed by atoms with Crippen LogP contribution in [0.1, 0.15) is 16.0 Å². The Labute approximate surface area is 104 Å². The Kier molecular flexibility index (Phi) is 3.39. The lowest BCUT2D eigenvalue weighted by atomic mass is 10.2. The van der Waals surface area contributed by atoms with E-state index >= 15 is 0 Å². The first-order valence-corrected chi connectivity index (χ1v) is 5.99. The number of aromatic nitrogens is 1. The largest absolute Gasteiger partial charge is 0.492 e. The lowest BCUT2D eigenvalue weighted by Crippen LogP contribution is -1.89. The second kappa shape index (κ2) is 4.97. The highest BCUT2D eigenvalue weighted by Crippen LogP contribution is 2.26. The monoisotopic (exact) mass is 247 g/mol. The van der Waals surface area contributed by atoms with Gasteiger partial charge in [-0.25, -0.2) is 0 Å². The molecule has 1 heterocycles. The van der Waals surface area contributed by atoms with E-state index in [9.17, 15) is 5.11 Å². The SMILES string of the molecule is Cc1ccc(/C=N/Nc2nc(O)c(C)s2)cc1. The van der Waals surface area contributed by atoms with Crippen LogP contribution < -0.4 is 5.43 Å². The van der Waals surface area contributed by atoms with E-state index in [1.807, 2.05) is 38.1 Å². The van der Waals surface area contributed by atoms with Crippen molar-refractivity contribution in [1.82, 2.24) is 4.98 Å². The molecule has 88 valence electrons. The Morgan fingerprint density at radius 2 is 2.00 bits per heavy atom. The van der Waals surface area contributed by atoms with Crippen LogP contribution in [0.25, 0.3) is 0 Å². The molecule has 0 bridgehead atoms. The van der Waals surface area contributed by atoms with E-state index in [2.05, 4.69) is 15.5 Å². The minimum Gasteiger partial charge on any atom is -0.492 e. The molecular weight excluding hydrogens is 234 g/mol. The lowest BCUT2D eigenvalue weighted by molar-refractivity contribution is 0.454. The molecule has 5 heteroatoms. The molecule has 0 atom stereocenters. The fourth-order valence-electron chi connectivity index (χ4n) is 1.25. The van der Waals surface area contributed by atoms with Gasteiger partial charge in [0.05, 0.1) is 11.1 Å². The number of hydrazone groups is 1. The molecule has 1 aromatic heterocycles. The third-order valence-corrected chi connectivity index (χ3v) is 3.09. The van der Waals surface area contributed by atoms with E-state index in [-0.39, 0.29) is 5.88 Å². The van der Waals surface area contributed by atoms with Crippen LogP contribution in [0, 0.1) is 13.8 Å². The number of hydrogen-bond donors (Lipinski definition) is 2. The first-order valence-electron chi connectivity index (χ1n) is 5.17. The van der Waals surface area contributed by atoms with Crippen molar-refractivity contribution in [2.45, 2.75) is 13.8 Å². The summed E-state index contributed by atoms with van der Waals surface area (Å²) in [6.45, 7) is 3.85. The van der Waals surface area contributed by atoms with Gasteiger partial charge in [0.15, 0.2) is 0 Å². The van der Waals surface area contributed by atoms with Crippen LogP contribution in [0.3, 0.4) is 0 Å². The van der Waals surface area contributed by atoms with Crippen molar-refractivity contribution < 1.29 is 5.11 Å². The molecule has 0 fully saturated rings. The van der Waals surface area contributed by atoms with Gasteiger partial charge in [0, 0.05) is 0 Å². The number of nitrogens with one attached hydrogen (secondary N) is 1. The van der Waals surface area contributed by atoms with Gasteiger partial charge < -0.3 is 5.11 Å². The quantitative estimate of drug-likeness (QED) is 0.647. The molecular formula is C12H13N3OS. The predicted octanol–water partition coefficient (Wildman–Crippen LogP) is 2.91. The van der Waals surface area contributed by atoms with Crippen LogP contribution in [0.2, 0.25) is 0 Å². The van der Waals surface area contributed by atoms with Gasteiger partial charge in [-0.15, -0.1) is 0 Å².